The number of hydrogen-bond acceptors (Lipinski definition) is 6. The van der Waals surface area contributed by atoms with Gasteiger partial charge in [-0.3, -0.25) is 10.1 Å². The van der Waals surface area contributed by atoms with E-state index in [0.717, 1.165) is 0 Å². The normalized spacial score (nSPS) is 10.1. The lowest BCUT2D eigenvalue weighted by molar-refractivity contribution is 0.103. The number of benzene rings is 1. The first kappa shape index (κ1) is 19.6. The maximum Gasteiger partial charge on any atom is 0.411 e. The minimum atomic E-state index is -0.591. The topological polar surface area (TPSA) is 85.9 Å². The molecule has 0 fully saturated rings. The Morgan fingerprint density at radius 3 is 2.08 bits per heavy atom. The average Bonchev–Trinajstić information content (AvgIpc) is 3.13. The van der Waals surface area contributed by atoms with Gasteiger partial charge in [-0.15, -0.1) is 11.3 Å². The minimum absolute atomic E-state index is 0.241. The van der Waals surface area contributed by atoms with Crippen LogP contribution in [-0.4, -0.2) is 31.8 Å². The van der Waals surface area contributed by atoms with Crippen LogP contribution in [0, 0.1) is 0 Å². The second kappa shape index (κ2) is 9.67. The molecule has 2 N–H and O–H groups in total. The monoisotopic (exact) mass is 378 g/mol. The summed E-state index contributed by atoms with van der Waals surface area (Å²) >= 11 is 1.34. The van der Waals surface area contributed by atoms with E-state index in [9.17, 15) is 9.59 Å². The van der Waals surface area contributed by atoms with Gasteiger partial charge in [0.2, 0.25) is 0 Å². The lowest BCUT2D eigenvalue weighted by Crippen LogP contribution is -2.16. The first-order valence-electron chi connectivity index (χ1n) is 8.31. The highest BCUT2D eigenvalue weighted by Crippen LogP contribution is 2.37. The van der Waals surface area contributed by atoms with Crippen LogP contribution in [0.3, 0.4) is 0 Å². The van der Waals surface area contributed by atoms with Gasteiger partial charge in [-0.1, -0.05) is 6.07 Å². The third-order valence-electron chi connectivity index (χ3n) is 3.19. The molecule has 2 rings (SSSR count). The summed E-state index contributed by atoms with van der Waals surface area (Å²) in [5, 5.41) is 7.28. The maximum absolute atomic E-state index is 12.4. The van der Waals surface area contributed by atoms with Gasteiger partial charge in [-0.2, -0.15) is 0 Å². The third kappa shape index (κ3) is 5.13. The zero-order valence-corrected chi connectivity index (χ0v) is 15.8. The Labute approximate surface area is 156 Å². The highest BCUT2D eigenvalue weighted by atomic mass is 32.1. The van der Waals surface area contributed by atoms with Crippen molar-refractivity contribution in [1.82, 2.24) is 0 Å². The fraction of sp³-hybridized carbons (Fsp3) is 0.333. The minimum Gasteiger partial charge on any atom is -0.492 e. The molecule has 2 amide bonds. The van der Waals surface area contributed by atoms with Crippen LogP contribution in [0.15, 0.2) is 29.6 Å². The SMILES string of the molecule is CCOC(=O)Nc1cc(OCC)c(NC(=O)c2cccs2)cc1OCC. The predicted octanol–water partition coefficient (Wildman–Crippen LogP) is 4.37. The number of anilines is 2. The molecule has 0 radical (unpaired) electrons. The zero-order valence-electron chi connectivity index (χ0n) is 15.0. The summed E-state index contributed by atoms with van der Waals surface area (Å²) in [5.41, 5.74) is 0.867. The Morgan fingerprint density at radius 2 is 1.58 bits per heavy atom. The first-order valence-corrected chi connectivity index (χ1v) is 9.19. The van der Waals surface area contributed by atoms with E-state index in [4.69, 9.17) is 14.2 Å². The van der Waals surface area contributed by atoms with Crippen molar-refractivity contribution in [2.24, 2.45) is 0 Å². The van der Waals surface area contributed by atoms with E-state index in [0.29, 0.717) is 41.0 Å². The highest BCUT2D eigenvalue weighted by molar-refractivity contribution is 7.12. The molecule has 0 atom stereocenters. The molecule has 8 heteroatoms. The Bertz CT molecular complexity index is 746. The molecule has 26 heavy (non-hydrogen) atoms. The second-order valence-corrected chi connectivity index (χ2v) is 5.94. The predicted molar refractivity (Wildman–Crippen MR) is 102 cm³/mol. The van der Waals surface area contributed by atoms with Gasteiger partial charge in [0, 0.05) is 12.1 Å². The zero-order chi connectivity index (χ0) is 18.9. The van der Waals surface area contributed by atoms with Crippen LogP contribution in [0.25, 0.3) is 0 Å². The molecule has 7 nitrogen and oxygen atoms in total. The van der Waals surface area contributed by atoms with E-state index < -0.39 is 6.09 Å². The summed E-state index contributed by atoms with van der Waals surface area (Å²) in [7, 11) is 0. The fourth-order valence-corrected chi connectivity index (χ4v) is 2.79. The van der Waals surface area contributed by atoms with Crippen molar-refractivity contribution >= 4 is 34.7 Å². The van der Waals surface area contributed by atoms with Crippen LogP contribution >= 0.6 is 11.3 Å². The van der Waals surface area contributed by atoms with E-state index in [-0.39, 0.29) is 12.5 Å². The molecule has 1 heterocycles. The summed E-state index contributed by atoms with van der Waals surface area (Å²) in [5.74, 6) is 0.590. The lowest BCUT2D eigenvalue weighted by Gasteiger charge is -2.17. The largest absolute Gasteiger partial charge is 0.492 e. The molecule has 0 aliphatic carbocycles. The number of carbonyl (C=O) groups is 2. The summed E-state index contributed by atoms with van der Waals surface area (Å²) < 4.78 is 16.1. The number of thiophene rings is 1. The third-order valence-corrected chi connectivity index (χ3v) is 4.06. The summed E-state index contributed by atoms with van der Waals surface area (Å²) in [6, 6.07) is 6.78. The summed E-state index contributed by atoms with van der Waals surface area (Å²) in [4.78, 5) is 24.7. The van der Waals surface area contributed by atoms with E-state index >= 15 is 0 Å². The van der Waals surface area contributed by atoms with Crippen molar-refractivity contribution in [3.63, 3.8) is 0 Å². The molecule has 0 saturated carbocycles. The number of nitrogens with one attached hydrogen (secondary N) is 2. The van der Waals surface area contributed by atoms with Gasteiger partial charge in [0.05, 0.1) is 36.1 Å². The fourth-order valence-electron chi connectivity index (χ4n) is 2.17. The van der Waals surface area contributed by atoms with Crippen molar-refractivity contribution in [3.8, 4) is 11.5 Å². The van der Waals surface area contributed by atoms with Crippen LogP contribution in [0.1, 0.15) is 30.4 Å². The van der Waals surface area contributed by atoms with E-state index in [2.05, 4.69) is 10.6 Å². The van der Waals surface area contributed by atoms with Crippen molar-refractivity contribution in [2.45, 2.75) is 20.8 Å². The van der Waals surface area contributed by atoms with E-state index in [1.54, 1.807) is 31.2 Å². The van der Waals surface area contributed by atoms with Gasteiger partial charge < -0.3 is 19.5 Å². The molecular weight excluding hydrogens is 356 g/mol. The molecule has 0 aliphatic rings. The smallest absolute Gasteiger partial charge is 0.411 e. The molecule has 0 bridgehead atoms. The van der Waals surface area contributed by atoms with E-state index in [1.807, 2.05) is 19.2 Å². The van der Waals surface area contributed by atoms with Gasteiger partial charge >= 0.3 is 6.09 Å². The van der Waals surface area contributed by atoms with Crippen LogP contribution in [0.5, 0.6) is 11.5 Å². The molecule has 0 saturated heterocycles. The number of hydrogen-bond donors (Lipinski definition) is 2. The molecule has 0 spiro atoms. The maximum atomic E-state index is 12.4. The van der Waals surface area contributed by atoms with Crippen molar-refractivity contribution < 1.29 is 23.8 Å². The lowest BCUT2D eigenvalue weighted by atomic mass is 10.2. The number of ether oxygens (including phenoxy) is 3. The molecule has 1 aromatic heterocycles. The van der Waals surface area contributed by atoms with Crippen molar-refractivity contribution in [3.05, 3.63) is 34.5 Å². The number of amides is 2. The van der Waals surface area contributed by atoms with Gasteiger partial charge in [0.1, 0.15) is 11.5 Å². The van der Waals surface area contributed by atoms with Crippen LogP contribution < -0.4 is 20.1 Å². The number of carbonyl (C=O) groups excluding carboxylic acids is 2. The van der Waals surface area contributed by atoms with Gasteiger partial charge in [-0.25, -0.2) is 4.79 Å². The van der Waals surface area contributed by atoms with Crippen LogP contribution in [0.2, 0.25) is 0 Å². The van der Waals surface area contributed by atoms with Crippen molar-refractivity contribution in [1.29, 1.82) is 0 Å². The Kier molecular flexibility index (Phi) is 7.28. The summed E-state index contributed by atoms with van der Waals surface area (Å²) in [6.45, 7) is 6.42. The Hall–Kier alpha value is -2.74. The molecule has 0 aliphatic heterocycles. The molecule has 2 aromatic rings. The first-order chi connectivity index (χ1) is 12.6. The Balaban J connectivity index is 2.34. The molecule has 140 valence electrons. The molecular formula is C18H22N2O5S. The highest BCUT2D eigenvalue weighted by Gasteiger charge is 2.17. The van der Waals surface area contributed by atoms with Crippen LogP contribution in [-0.2, 0) is 4.74 Å². The van der Waals surface area contributed by atoms with Gasteiger partial charge in [0.25, 0.3) is 5.91 Å². The summed E-state index contributed by atoms with van der Waals surface area (Å²) in [6.07, 6.45) is -0.591. The van der Waals surface area contributed by atoms with Gasteiger partial charge in [-0.05, 0) is 32.2 Å². The molecule has 0 unspecified atom stereocenters. The van der Waals surface area contributed by atoms with Crippen LogP contribution in [0.4, 0.5) is 16.2 Å². The molecule has 1 aromatic carbocycles. The number of rotatable bonds is 8. The average molecular weight is 378 g/mol. The van der Waals surface area contributed by atoms with E-state index in [1.165, 1.54) is 11.3 Å². The second-order valence-electron chi connectivity index (χ2n) is 4.99. The Morgan fingerprint density at radius 1 is 0.962 bits per heavy atom. The van der Waals surface area contributed by atoms with Gasteiger partial charge in [0.15, 0.2) is 0 Å². The standard InChI is InChI=1S/C18H22N2O5S/c1-4-23-14-11-13(20-18(22)25-6-3)15(24-5-2)10-12(14)19-17(21)16-8-7-9-26-16/h7-11H,4-6H2,1-3H3,(H,19,21)(H,20,22). The van der Waals surface area contributed by atoms with Crippen molar-refractivity contribution in [2.75, 3.05) is 30.5 Å². The quantitative estimate of drug-likeness (QED) is 0.712.